The van der Waals surface area contributed by atoms with Crippen LogP contribution in [0.5, 0.6) is 5.75 Å². The molecular weight excluding hydrogens is 258 g/mol. The van der Waals surface area contributed by atoms with Crippen molar-refractivity contribution in [2.24, 2.45) is 0 Å². The van der Waals surface area contributed by atoms with Crippen molar-refractivity contribution in [3.8, 4) is 5.75 Å². The van der Waals surface area contributed by atoms with Crippen molar-refractivity contribution in [2.45, 2.75) is 0 Å². The predicted octanol–water partition coefficient (Wildman–Crippen LogP) is 1.17. The lowest BCUT2D eigenvalue weighted by molar-refractivity contribution is 0.0842. The van der Waals surface area contributed by atoms with Crippen LogP contribution in [0.1, 0.15) is 20.8 Å². The van der Waals surface area contributed by atoms with Gasteiger partial charge in [-0.25, -0.2) is 0 Å². The Hall–Kier alpha value is -2.89. The molecule has 0 spiro atoms. The van der Waals surface area contributed by atoms with Gasteiger partial charge in [0.05, 0.1) is 12.7 Å². The number of carbonyl (C=O) groups excluding carboxylic acids is 2. The van der Waals surface area contributed by atoms with Gasteiger partial charge in [0.25, 0.3) is 11.8 Å². The molecular formula is C14H13N3O3. The molecule has 2 N–H and O–H groups in total. The van der Waals surface area contributed by atoms with Gasteiger partial charge in [-0.15, -0.1) is 0 Å². The number of hydrazine groups is 1. The average Bonchev–Trinajstić information content (AvgIpc) is 2.53. The zero-order chi connectivity index (χ0) is 14.4. The van der Waals surface area contributed by atoms with Crippen molar-refractivity contribution in [3.05, 3.63) is 59.9 Å². The first kappa shape index (κ1) is 13.5. The molecule has 0 fully saturated rings. The smallest absolute Gasteiger partial charge is 0.288 e. The lowest BCUT2D eigenvalue weighted by Gasteiger charge is -2.09. The van der Waals surface area contributed by atoms with Gasteiger partial charge in [0.15, 0.2) is 0 Å². The molecule has 0 bridgehead atoms. The fourth-order valence-electron chi connectivity index (χ4n) is 1.57. The first-order valence-corrected chi connectivity index (χ1v) is 5.87. The van der Waals surface area contributed by atoms with E-state index in [0.717, 1.165) is 0 Å². The van der Waals surface area contributed by atoms with Crippen LogP contribution in [0.4, 0.5) is 0 Å². The summed E-state index contributed by atoms with van der Waals surface area (Å²) in [6.45, 7) is 0. The van der Waals surface area contributed by atoms with Crippen LogP contribution in [0, 0.1) is 0 Å². The summed E-state index contributed by atoms with van der Waals surface area (Å²) in [6.07, 6.45) is 1.50. The van der Waals surface area contributed by atoms with Crippen molar-refractivity contribution < 1.29 is 14.3 Å². The molecule has 0 aliphatic heterocycles. The third-order valence-corrected chi connectivity index (χ3v) is 2.54. The van der Waals surface area contributed by atoms with E-state index in [1.54, 1.807) is 42.5 Å². The molecule has 1 heterocycles. The lowest BCUT2D eigenvalue weighted by atomic mass is 10.2. The van der Waals surface area contributed by atoms with Gasteiger partial charge >= 0.3 is 0 Å². The number of pyridine rings is 1. The topological polar surface area (TPSA) is 80.3 Å². The molecule has 20 heavy (non-hydrogen) atoms. The zero-order valence-corrected chi connectivity index (χ0v) is 10.8. The normalized spacial score (nSPS) is 9.65. The molecule has 2 rings (SSSR count). The summed E-state index contributed by atoms with van der Waals surface area (Å²) in [7, 11) is 1.47. The number of aromatic nitrogens is 1. The summed E-state index contributed by atoms with van der Waals surface area (Å²) in [5.41, 5.74) is 5.15. The number of para-hydroxylation sites is 1. The third-order valence-electron chi connectivity index (χ3n) is 2.54. The summed E-state index contributed by atoms with van der Waals surface area (Å²) < 4.78 is 5.07. The largest absolute Gasteiger partial charge is 0.496 e. The van der Waals surface area contributed by atoms with E-state index in [4.69, 9.17) is 4.74 Å². The maximum atomic E-state index is 11.9. The van der Waals surface area contributed by atoms with Crippen LogP contribution in [-0.4, -0.2) is 23.9 Å². The maximum absolute atomic E-state index is 11.9. The number of nitrogens with zero attached hydrogens (tertiary/aromatic N) is 1. The van der Waals surface area contributed by atoms with Gasteiger partial charge in [-0.05, 0) is 24.3 Å². The van der Waals surface area contributed by atoms with Crippen LogP contribution in [0.3, 0.4) is 0 Å². The minimum absolute atomic E-state index is 0.216. The summed E-state index contributed by atoms with van der Waals surface area (Å²) in [6, 6.07) is 11.6. The van der Waals surface area contributed by atoms with E-state index in [2.05, 4.69) is 15.8 Å². The molecule has 6 nitrogen and oxygen atoms in total. The number of nitrogens with one attached hydrogen (secondary N) is 2. The lowest BCUT2D eigenvalue weighted by Crippen LogP contribution is -2.42. The molecule has 0 aliphatic carbocycles. The molecule has 2 amide bonds. The molecule has 0 saturated heterocycles. The Balaban J connectivity index is 2.01. The monoisotopic (exact) mass is 271 g/mol. The Morgan fingerprint density at radius 2 is 1.70 bits per heavy atom. The van der Waals surface area contributed by atoms with E-state index >= 15 is 0 Å². The Kier molecular flexibility index (Phi) is 4.28. The average molecular weight is 271 g/mol. The van der Waals surface area contributed by atoms with Crippen molar-refractivity contribution in [3.63, 3.8) is 0 Å². The Labute approximate surface area is 115 Å². The summed E-state index contributed by atoms with van der Waals surface area (Å²) in [5, 5.41) is 0. The van der Waals surface area contributed by atoms with Crippen LogP contribution in [0.15, 0.2) is 48.7 Å². The highest BCUT2D eigenvalue weighted by Crippen LogP contribution is 2.16. The van der Waals surface area contributed by atoms with E-state index in [-0.39, 0.29) is 5.69 Å². The van der Waals surface area contributed by atoms with Crippen molar-refractivity contribution in [1.29, 1.82) is 0 Å². The highest BCUT2D eigenvalue weighted by molar-refractivity contribution is 5.99. The number of carbonyl (C=O) groups is 2. The van der Waals surface area contributed by atoms with E-state index in [9.17, 15) is 9.59 Å². The van der Waals surface area contributed by atoms with Crippen LogP contribution in [-0.2, 0) is 0 Å². The SMILES string of the molecule is COc1ccccc1C(=O)NNC(=O)c1ccccn1. The Morgan fingerprint density at radius 3 is 2.40 bits per heavy atom. The molecule has 1 aromatic heterocycles. The first-order valence-electron chi connectivity index (χ1n) is 5.87. The zero-order valence-electron chi connectivity index (χ0n) is 10.8. The van der Waals surface area contributed by atoms with Crippen molar-refractivity contribution >= 4 is 11.8 Å². The van der Waals surface area contributed by atoms with Gasteiger partial charge in [-0.1, -0.05) is 18.2 Å². The molecule has 1 aromatic carbocycles. The standard InChI is InChI=1S/C14H13N3O3/c1-20-12-8-3-2-6-10(12)13(18)16-17-14(19)11-7-4-5-9-15-11/h2-9H,1H3,(H,16,18)(H,17,19). The number of benzene rings is 1. The molecule has 2 aromatic rings. The number of amides is 2. The van der Waals surface area contributed by atoms with Gasteiger partial charge in [0.1, 0.15) is 11.4 Å². The van der Waals surface area contributed by atoms with Crippen molar-refractivity contribution in [2.75, 3.05) is 7.11 Å². The second kappa shape index (κ2) is 6.33. The number of rotatable bonds is 3. The van der Waals surface area contributed by atoms with Crippen LogP contribution >= 0.6 is 0 Å². The molecule has 0 radical (unpaired) electrons. The van der Waals surface area contributed by atoms with E-state index < -0.39 is 11.8 Å². The fraction of sp³-hybridized carbons (Fsp3) is 0.0714. The molecule has 0 saturated carbocycles. The van der Waals surface area contributed by atoms with Gasteiger partial charge < -0.3 is 4.74 Å². The summed E-state index contributed by atoms with van der Waals surface area (Å²) in [4.78, 5) is 27.5. The quantitative estimate of drug-likeness (QED) is 0.821. The number of ether oxygens (including phenoxy) is 1. The Bertz CT molecular complexity index is 614. The number of hydrogen-bond acceptors (Lipinski definition) is 4. The first-order chi connectivity index (χ1) is 9.72. The second-order valence-electron chi connectivity index (χ2n) is 3.82. The third kappa shape index (κ3) is 3.11. The van der Waals surface area contributed by atoms with E-state index in [1.165, 1.54) is 13.3 Å². The minimum atomic E-state index is -0.492. The minimum Gasteiger partial charge on any atom is -0.496 e. The fourth-order valence-corrected chi connectivity index (χ4v) is 1.57. The van der Waals surface area contributed by atoms with Crippen LogP contribution in [0.25, 0.3) is 0 Å². The summed E-state index contributed by atoms with van der Waals surface area (Å²) in [5.74, 6) is -0.530. The molecule has 102 valence electrons. The number of methoxy groups -OCH3 is 1. The van der Waals surface area contributed by atoms with Gasteiger partial charge in [-0.3, -0.25) is 25.4 Å². The molecule has 6 heteroatoms. The van der Waals surface area contributed by atoms with E-state index in [0.29, 0.717) is 11.3 Å². The molecule has 0 atom stereocenters. The van der Waals surface area contributed by atoms with Gasteiger partial charge in [0.2, 0.25) is 0 Å². The second-order valence-corrected chi connectivity index (χ2v) is 3.82. The predicted molar refractivity (Wildman–Crippen MR) is 72.2 cm³/mol. The highest BCUT2D eigenvalue weighted by Gasteiger charge is 2.13. The Morgan fingerprint density at radius 1 is 1.00 bits per heavy atom. The molecule has 0 aliphatic rings. The molecule has 0 unspecified atom stereocenters. The van der Waals surface area contributed by atoms with E-state index in [1.807, 2.05) is 0 Å². The van der Waals surface area contributed by atoms with Crippen molar-refractivity contribution in [1.82, 2.24) is 15.8 Å². The maximum Gasteiger partial charge on any atom is 0.288 e. The van der Waals surface area contributed by atoms with Gasteiger partial charge in [0, 0.05) is 6.20 Å². The summed E-state index contributed by atoms with van der Waals surface area (Å²) >= 11 is 0. The number of hydrogen-bond donors (Lipinski definition) is 2. The van der Waals surface area contributed by atoms with Crippen LogP contribution in [0.2, 0.25) is 0 Å². The van der Waals surface area contributed by atoms with Gasteiger partial charge in [-0.2, -0.15) is 0 Å². The van der Waals surface area contributed by atoms with Crippen LogP contribution < -0.4 is 15.6 Å². The highest BCUT2D eigenvalue weighted by atomic mass is 16.5.